The molecule has 0 spiro atoms. The van der Waals surface area contributed by atoms with Crippen molar-refractivity contribution < 1.29 is 0 Å². The van der Waals surface area contributed by atoms with Gasteiger partial charge in [0.15, 0.2) is 0 Å². The summed E-state index contributed by atoms with van der Waals surface area (Å²) < 4.78 is 0. The maximum absolute atomic E-state index is 4.38. The zero-order valence-corrected chi connectivity index (χ0v) is 13.3. The molecule has 0 aliphatic carbocycles. The molecule has 0 atom stereocenters. The van der Waals surface area contributed by atoms with E-state index < -0.39 is 7.26 Å². The van der Waals surface area contributed by atoms with Gasteiger partial charge in [0.2, 0.25) is 0 Å². The minimum absolute atomic E-state index is 0.143. The van der Waals surface area contributed by atoms with E-state index in [0.29, 0.717) is 0 Å². The average Bonchev–Trinajstić information content (AvgIpc) is 2.25. The quantitative estimate of drug-likeness (QED) is 0.712. The van der Waals surface area contributed by atoms with Gasteiger partial charge in [-0.1, -0.05) is 0 Å². The molecule has 2 heteroatoms. The van der Waals surface area contributed by atoms with Crippen LogP contribution < -0.4 is 5.30 Å². The van der Waals surface area contributed by atoms with Gasteiger partial charge < -0.3 is 0 Å². The maximum atomic E-state index is 4.38. The second-order valence-electron chi connectivity index (χ2n) is 7.12. The number of hydrogen-bond donors (Lipinski definition) is 0. The van der Waals surface area contributed by atoms with Crippen molar-refractivity contribution in [1.29, 1.82) is 0 Å². The summed E-state index contributed by atoms with van der Waals surface area (Å²) in [7, 11) is -1.25. The molecular weight excluding hydrogens is 237 g/mol. The van der Waals surface area contributed by atoms with Gasteiger partial charge in [-0.05, 0) is 0 Å². The van der Waals surface area contributed by atoms with E-state index in [1.165, 1.54) is 21.6 Å². The third-order valence-electron chi connectivity index (χ3n) is 3.43. The molecule has 1 aromatic heterocycles. The monoisotopic (exact) mass is 261 g/mol. The molecule has 0 radical (unpaired) electrons. The molecule has 0 bridgehead atoms. The third-order valence-corrected chi connectivity index (χ3v) is 5.48. The molecule has 0 saturated carbocycles. The zero-order valence-electron chi connectivity index (χ0n) is 12.3. The van der Waals surface area contributed by atoms with Crippen molar-refractivity contribution in [3.8, 4) is 0 Å². The second-order valence-corrected chi connectivity index (χ2v) is 12.2. The summed E-state index contributed by atoms with van der Waals surface area (Å²) in [6.07, 6.45) is 3.99. The van der Waals surface area contributed by atoms with Crippen molar-refractivity contribution in [3.05, 3.63) is 36.2 Å². The van der Waals surface area contributed by atoms with E-state index in [4.69, 9.17) is 0 Å². The summed E-state index contributed by atoms with van der Waals surface area (Å²) >= 11 is 0. The first kappa shape index (κ1) is 13.5. The molecule has 0 fully saturated rings. The average molecular weight is 261 g/mol. The number of aromatic nitrogens is 1. The Morgan fingerprint density at radius 2 is 1.67 bits per heavy atom. The van der Waals surface area contributed by atoms with Crippen LogP contribution in [0.1, 0.15) is 26.3 Å². The van der Waals surface area contributed by atoms with E-state index in [-0.39, 0.29) is 5.41 Å². The Morgan fingerprint density at radius 1 is 1.00 bits per heavy atom. The van der Waals surface area contributed by atoms with Gasteiger partial charge >= 0.3 is 111 Å². The Balaban J connectivity index is 2.74. The van der Waals surface area contributed by atoms with Gasteiger partial charge in [0.1, 0.15) is 0 Å². The van der Waals surface area contributed by atoms with E-state index in [1.807, 2.05) is 12.4 Å². The Bertz CT molecular complexity index is 574. The van der Waals surface area contributed by atoms with E-state index in [2.05, 4.69) is 63.9 Å². The zero-order chi connectivity index (χ0) is 13.6. The van der Waals surface area contributed by atoms with Crippen molar-refractivity contribution in [2.24, 2.45) is 0 Å². The summed E-state index contributed by atoms with van der Waals surface area (Å²) in [5.41, 5.74) is 1.49. The van der Waals surface area contributed by atoms with Crippen molar-refractivity contribution in [1.82, 2.24) is 4.98 Å². The standard InChI is InChI=1S/C16H24NP/c1-16(2,3)15-11-17-10-12-7-8-13(9-14(12)15)18(4,5)6/h7-11,18H,1-6H3. The van der Waals surface area contributed by atoms with Crippen LogP contribution in [0, 0.1) is 0 Å². The first-order valence-corrected chi connectivity index (χ1v) is 10.1. The van der Waals surface area contributed by atoms with E-state index in [0.717, 1.165) is 0 Å². The van der Waals surface area contributed by atoms with Crippen molar-refractivity contribution >= 4 is 23.3 Å². The number of fused-ring (bicyclic) bond motifs is 1. The fraction of sp³-hybridized carbons (Fsp3) is 0.438. The van der Waals surface area contributed by atoms with Gasteiger partial charge in [0.25, 0.3) is 0 Å². The van der Waals surface area contributed by atoms with E-state index in [9.17, 15) is 0 Å². The molecule has 2 aromatic rings. The molecule has 1 aromatic carbocycles. The van der Waals surface area contributed by atoms with Crippen LogP contribution in [0.4, 0.5) is 0 Å². The Kier molecular flexibility index (Phi) is 3.23. The first-order valence-electron chi connectivity index (χ1n) is 6.58. The summed E-state index contributed by atoms with van der Waals surface area (Å²) in [5, 5.41) is 4.15. The summed E-state index contributed by atoms with van der Waals surface area (Å²) in [6, 6.07) is 6.90. The van der Waals surface area contributed by atoms with Gasteiger partial charge in [0.05, 0.1) is 0 Å². The Hall–Kier alpha value is -0.940. The van der Waals surface area contributed by atoms with Gasteiger partial charge in [0, 0.05) is 0 Å². The van der Waals surface area contributed by atoms with Crippen LogP contribution in [-0.4, -0.2) is 25.0 Å². The van der Waals surface area contributed by atoms with Crippen LogP contribution in [0.3, 0.4) is 0 Å². The SMILES string of the molecule is CC(C)(C)c1cncc2ccc([PH](C)(C)C)cc12. The van der Waals surface area contributed by atoms with Gasteiger partial charge in [-0.25, -0.2) is 0 Å². The van der Waals surface area contributed by atoms with Gasteiger partial charge in [-0.15, -0.1) is 0 Å². The molecule has 98 valence electrons. The summed E-state index contributed by atoms with van der Waals surface area (Å²) in [5.74, 6) is 0. The number of nitrogens with zero attached hydrogens (tertiary/aromatic N) is 1. The summed E-state index contributed by atoms with van der Waals surface area (Å²) in [4.78, 5) is 4.38. The molecular formula is C16H24NP. The molecule has 0 aliphatic heterocycles. The second kappa shape index (κ2) is 4.31. The molecule has 0 amide bonds. The molecule has 0 unspecified atom stereocenters. The number of hydrogen-bond acceptors (Lipinski definition) is 1. The molecule has 0 N–H and O–H groups in total. The Morgan fingerprint density at radius 3 is 2.22 bits per heavy atom. The third kappa shape index (κ3) is 2.57. The normalized spacial score (nSPS) is 13.9. The fourth-order valence-electron chi connectivity index (χ4n) is 2.23. The molecule has 1 nitrogen and oxygen atoms in total. The minimum atomic E-state index is -1.25. The molecule has 2 rings (SSSR count). The molecule has 0 saturated heterocycles. The molecule has 18 heavy (non-hydrogen) atoms. The summed E-state index contributed by atoms with van der Waals surface area (Å²) in [6.45, 7) is 13.9. The van der Waals surface area contributed by atoms with Crippen LogP contribution in [-0.2, 0) is 5.41 Å². The predicted octanol–water partition coefficient (Wildman–Crippen LogP) is 3.80. The van der Waals surface area contributed by atoms with Crippen molar-refractivity contribution in [2.75, 3.05) is 20.0 Å². The predicted molar refractivity (Wildman–Crippen MR) is 86.2 cm³/mol. The van der Waals surface area contributed by atoms with Gasteiger partial charge in [-0.2, -0.15) is 0 Å². The van der Waals surface area contributed by atoms with Gasteiger partial charge in [-0.3, -0.25) is 0 Å². The molecule has 1 heterocycles. The van der Waals surface area contributed by atoms with Crippen molar-refractivity contribution in [2.45, 2.75) is 26.2 Å². The van der Waals surface area contributed by atoms with Crippen LogP contribution in [0.15, 0.2) is 30.6 Å². The van der Waals surface area contributed by atoms with Crippen LogP contribution >= 0.6 is 7.26 Å². The van der Waals surface area contributed by atoms with E-state index in [1.54, 1.807) is 0 Å². The van der Waals surface area contributed by atoms with Crippen LogP contribution in [0.2, 0.25) is 0 Å². The van der Waals surface area contributed by atoms with Crippen LogP contribution in [0.25, 0.3) is 10.8 Å². The number of benzene rings is 1. The van der Waals surface area contributed by atoms with Crippen molar-refractivity contribution in [3.63, 3.8) is 0 Å². The topological polar surface area (TPSA) is 12.9 Å². The molecule has 0 aliphatic rings. The number of rotatable bonds is 1. The van der Waals surface area contributed by atoms with Crippen LogP contribution in [0.5, 0.6) is 0 Å². The Labute approximate surface area is 111 Å². The van der Waals surface area contributed by atoms with E-state index >= 15 is 0 Å². The number of pyridine rings is 1. The first-order chi connectivity index (χ1) is 8.19. The fourth-order valence-corrected chi connectivity index (χ4v) is 3.39.